The molecule has 1 aliphatic carbocycles. The van der Waals surface area contributed by atoms with Gasteiger partial charge in [-0.2, -0.15) is 5.10 Å². The number of hydrogen-bond donors (Lipinski definition) is 0. The topological polar surface area (TPSA) is 65.0 Å². The number of carbonyl (C=O) groups excluding carboxylic acids is 1. The largest absolute Gasteiger partial charge is 0.322 e. The van der Waals surface area contributed by atoms with E-state index in [9.17, 15) is 4.79 Å². The van der Waals surface area contributed by atoms with Gasteiger partial charge in [-0.3, -0.25) is 4.79 Å². The Morgan fingerprint density at radius 1 is 1.35 bits per heavy atom. The van der Waals surface area contributed by atoms with E-state index in [0.717, 1.165) is 35.3 Å². The van der Waals surface area contributed by atoms with Crippen LogP contribution in [-0.2, 0) is 0 Å². The number of Topliss-reactive ketones (excluding diaryl/α,β-unsaturated/α-hetero) is 1. The fraction of sp³-hybridized carbons (Fsp3) is 0.235. The second-order valence-corrected chi connectivity index (χ2v) is 5.71. The highest BCUT2D eigenvalue weighted by molar-refractivity contribution is 5.93. The Balaban J connectivity index is 1.96. The standard InChI is InChI=1S/C17H13N5O/c1-10(23)15-7-11(9-19-21-15)17-20-14-6-3-12(18-2)8-16(14)22(17)13-4-5-13/h3,6-9,13H,4-5H2,1H3. The maximum Gasteiger partial charge on any atom is 0.189 e. The van der Waals surface area contributed by atoms with Crippen LogP contribution in [0.1, 0.15) is 36.3 Å². The molecule has 0 unspecified atom stereocenters. The lowest BCUT2D eigenvalue weighted by Crippen LogP contribution is -2.02. The molecule has 6 heteroatoms. The number of imidazole rings is 1. The van der Waals surface area contributed by atoms with Gasteiger partial charge in [0.2, 0.25) is 0 Å². The molecule has 0 N–H and O–H groups in total. The minimum Gasteiger partial charge on any atom is -0.322 e. The first-order valence-corrected chi connectivity index (χ1v) is 7.41. The van der Waals surface area contributed by atoms with Crippen LogP contribution < -0.4 is 0 Å². The molecular weight excluding hydrogens is 290 g/mol. The molecule has 0 saturated heterocycles. The van der Waals surface area contributed by atoms with E-state index >= 15 is 0 Å². The van der Waals surface area contributed by atoms with E-state index in [2.05, 4.69) is 19.6 Å². The smallest absolute Gasteiger partial charge is 0.189 e. The van der Waals surface area contributed by atoms with Crippen molar-refractivity contribution in [3.05, 3.63) is 47.6 Å². The lowest BCUT2D eigenvalue weighted by Gasteiger charge is -2.08. The molecule has 1 aliphatic rings. The molecule has 3 aromatic rings. The van der Waals surface area contributed by atoms with E-state index in [1.165, 1.54) is 6.92 Å². The van der Waals surface area contributed by atoms with Gasteiger partial charge in [-0.15, -0.1) is 5.10 Å². The molecule has 0 spiro atoms. The maximum atomic E-state index is 11.6. The molecule has 1 fully saturated rings. The number of aromatic nitrogens is 4. The lowest BCUT2D eigenvalue weighted by molar-refractivity contribution is 0.101. The molecule has 1 saturated carbocycles. The molecule has 2 aromatic heterocycles. The average Bonchev–Trinajstić information content (AvgIpc) is 3.34. The molecule has 112 valence electrons. The minimum atomic E-state index is -0.122. The van der Waals surface area contributed by atoms with Crippen molar-refractivity contribution in [1.82, 2.24) is 19.7 Å². The van der Waals surface area contributed by atoms with Crippen molar-refractivity contribution >= 4 is 22.5 Å². The van der Waals surface area contributed by atoms with Gasteiger partial charge in [-0.1, -0.05) is 6.07 Å². The van der Waals surface area contributed by atoms with Crippen molar-refractivity contribution in [2.24, 2.45) is 0 Å². The third-order valence-electron chi connectivity index (χ3n) is 3.99. The van der Waals surface area contributed by atoms with E-state index in [1.807, 2.05) is 12.1 Å². The van der Waals surface area contributed by atoms with Crippen molar-refractivity contribution in [3.8, 4) is 11.4 Å². The Hall–Kier alpha value is -3.07. The third-order valence-corrected chi connectivity index (χ3v) is 3.99. The predicted molar refractivity (Wildman–Crippen MR) is 85.3 cm³/mol. The summed E-state index contributed by atoms with van der Waals surface area (Å²) in [6.45, 7) is 8.67. The molecule has 2 heterocycles. The Labute approximate surface area is 132 Å². The normalized spacial score (nSPS) is 13.9. The zero-order valence-electron chi connectivity index (χ0n) is 12.5. The van der Waals surface area contributed by atoms with E-state index in [1.54, 1.807) is 18.3 Å². The molecule has 4 rings (SSSR count). The first-order chi connectivity index (χ1) is 11.2. The Morgan fingerprint density at radius 2 is 2.17 bits per heavy atom. The molecule has 1 aromatic carbocycles. The first kappa shape index (κ1) is 13.6. The van der Waals surface area contributed by atoms with Gasteiger partial charge in [-0.05, 0) is 31.0 Å². The maximum absolute atomic E-state index is 11.6. The summed E-state index contributed by atoms with van der Waals surface area (Å²) < 4.78 is 2.16. The Morgan fingerprint density at radius 3 is 2.87 bits per heavy atom. The van der Waals surface area contributed by atoms with Gasteiger partial charge in [0, 0.05) is 18.5 Å². The summed E-state index contributed by atoms with van der Waals surface area (Å²) in [5, 5.41) is 7.79. The molecule has 0 atom stereocenters. The van der Waals surface area contributed by atoms with Gasteiger partial charge in [0.1, 0.15) is 11.5 Å². The highest BCUT2D eigenvalue weighted by Crippen LogP contribution is 2.41. The van der Waals surface area contributed by atoms with Gasteiger partial charge < -0.3 is 4.57 Å². The second kappa shape index (κ2) is 4.99. The van der Waals surface area contributed by atoms with Gasteiger partial charge in [0.05, 0.1) is 23.8 Å². The van der Waals surface area contributed by atoms with Crippen LogP contribution in [0.25, 0.3) is 27.3 Å². The van der Waals surface area contributed by atoms with Crippen LogP contribution in [0.5, 0.6) is 0 Å². The van der Waals surface area contributed by atoms with Gasteiger partial charge in [-0.25, -0.2) is 9.83 Å². The quantitative estimate of drug-likeness (QED) is 0.548. The van der Waals surface area contributed by atoms with Crippen molar-refractivity contribution in [2.45, 2.75) is 25.8 Å². The van der Waals surface area contributed by atoms with Crippen molar-refractivity contribution < 1.29 is 4.79 Å². The first-order valence-electron chi connectivity index (χ1n) is 7.41. The number of ketones is 1. The summed E-state index contributed by atoms with van der Waals surface area (Å²) in [5.41, 5.74) is 3.51. The summed E-state index contributed by atoms with van der Waals surface area (Å²) >= 11 is 0. The van der Waals surface area contributed by atoms with E-state index in [0.29, 0.717) is 17.4 Å². The summed E-state index contributed by atoms with van der Waals surface area (Å²) in [6.07, 6.45) is 3.82. The molecule has 6 nitrogen and oxygen atoms in total. The molecule has 23 heavy (non-hydrogen) atoms. The van der Waals surface area contributed by atoms with Crippen LogP contribution >= 0.6 is 0 Å². The molecular formula is C17H13N5O. The number of nitrogens with zero attached hydrogens (tertiary/aromatic N) is 5. The van der Waals surface area contributed by atoms with Crippen molar-refractivity contribution in [3.63, 3.8) is 0 Å². The van der Waals surface area contributed by atoms with Crippen LogP contribution in [0.3, 0.4) is 0 Å². The highest BCUT2D eigenvalue weighted by Gasteiger charge is 2.29. The molecule has 0 bridgehead atoms. The Bertz CT molecular complexity index is 978. The SMILES string of the molecule is [C-]#[N+]c1ccc2nc(-c3cnnc(C(C)=O)c3)n(C3CC3)c2c1. The zero-order chi connectivity index (χ0) is 16.0. The van der Waals surface area contributed by atoms with Crippen molar-refractivity contribution in [2.75, 3.05) is 0 Å². The second-order valence-electron chi connectivity index (χ2n) is 5.71. The lowest BCUT2D eigenvalue weighted by atomic mass is 10.2. The zero-order valence-corrected chi connectivity index (χ0v) is 12.5. The Kier molecular flexibility index (Phi) is 2.95. The molecule has 0 aliphatic heterocycles. The van der Waals surface area contributed by atoms with E-state index in [-0.39, 0.29) is 5.78 Å². The van der Waals surface area contributed by atoms with Gasteiger partial charge >= 0.3 is 0 Å². The number of rotatable bonds is 3. The fourth-order valence-corrected chi connectivity index (χ4v) is 2.72. The van der Waals surface area contributed by atoms with Crippen LogP contribution in [0.4, 0.5) is 5.69 Å². The molecule has 0 radical (unpaired) electrons. The number of hydrogen-bond acceptors (Lipinski definition) is 4. The number of fused-ring (bicyclic) bond motifs is 1. The van der Waals surface area contributed by atoms with Gasteiger partial charge in [0.25, 0.3) is 0 Å². The predicted octanol–water partition coefficient (Wildman–Crippen LogP) is 3.58. The fourth-order valence-electron chi connectivity index (χ4n) is 2.72. The van der Waals surface area contributed by atoms with Crippen LogP contribution in [0.2, 0.25) is 0 Å². The van der Waals surface area contributed by atoms with E-state index in [4.69, 9.17) is 11.6 Å². The average molecular weight is 303 g/mol. The van der Waals surface area contributed by atoms with Gasteiger partial charge in [0.15, 0.2) is 11.5 Å². The van der Waals surface area contributed by atoms with Crippen LogP contribution in [-0.4, -0.2) is 25.5 Å². The third kappa shape index (κ3) is 2.27. The summed E-state index contributed by atoms with van der Waals surface area (Å²) in [5.74, 6) is 0.658. The monoisotopic (exact) mass is 303 g/mol. The van der Waals surface area contributed by atoms with Crippen molar-refractivity contribution in [1.29, 1.82) is 0 Å². The van der Waals surface area contributed by atoms with Crippen LogP contribution in [0, 0.1) is 6.57 Å². The summed E-state index contributed by atoms with van der Waals surface area (Å²) in [6, 6.07) is 7.63. The van der Waals surface area contributed by atoms with E-state index < -0.39 is 0 Å². The summed E-state index contributed by atoms with van der Waals surface area (Å²) in [7, 11) is 0. The number of benzene rings is 1. The summed E-state index contributed by atoms with van der Waals surface area (Å²) in [4.78, 5) is 19.8. The minimum absolute atomic E-state index is 0.122. The van der Waals surface area contributed by atoms with Crippen LogP contribution in [0.15, 0.2) is 30.5 Å². The highest BCUT2D eigenvalue weighted by atomic mass is 16.1. The molecule has 0 amide bonds. The number of carbonyl (C=O) groups is 1.